The smallest absolute Gasteiger partial charge is 0.380 e. The Morgan fingerprint density at radius 1 is 0.862 bits per heavy atom. The van der Waals surface area contributed by atoms with E-state index in [1.807, 2.05) is 0 Å². The molecule has 2 atom stereocenters. The Kier molecular flexibility index (Phi) is 8.24. The summed E-state index contributed by atoms with van der Waals surface area (Å²) in [6.07, 6.45) is 6.04. The van der Waals surface area contributed by atoms with Gasteiger partial charge in [-0.3, -0.25) is 22.8 Å². The van der Waals surface area contributed by atoms with E-state index in [2.05, 4.69) is 19.0 Å². The Balaban J connectivity index is 0.00000420. The van der Waals surface area contributed by atoms with Crippen molar-refractivity contribution in [3.63, 3.8) is 0 Å². The molecule has 166 valence electrons. The Labute approximate surface area is 163 Å². The van der Waals surface area contributed by atoms with Crippen molar-refractivity contribution >= 4 is 23.4 Å². The lowest BCUT2D eigenvalue weighted by atomic mass is 10.6. The van der Waals surface area contributed by atoms with Crippen molar-refractivity contribution in [2.45, 2.75) is 10.9 Å². The van der Waals surface area contributed by atoms with Crippen LogP contribution in [0.25, 0.3) is 0 Å². The van der Waals surface area contributed by atoms with Gasteiger partial charge in [-0.1, -0.05) is 0 Å². The molecule has 0 radical (unpaired) electrons. The molecule has 16 nitrogen and oxygen atoms in total. The average molecular weight is 480 g/mol. The summed E-state index contributed by atoms with van der Waals surface area (Å²) in [5.41, 5.74) is -5.92. The highest BCUT2D eigenvalue weighted by atomic mass is 31.2. The molecule has 19 heteroatoms. The number of aromatic nitrogens is 4. The number of nitrogens with zero attached hydrogens (tertiary/aromatic N) is 4. The second-order valence-corrected chi connectivity index (χ2v) is 10.1. The second kappa shape index (κ2) is 9.27. The minimum absolute atomic E-state index is 0. The highest BCUT2D eigenvalue weighted by Crippen LogP contribution is 2.55. The summed E-state index contributed by atoms with van der Waals surface area (Å²) >= 11 is 0. The van der Waals surface area contributed by atoms with Crippen molar-refractivity contribution in [3.05, 3.63) is 37.4 Å². The number of imidazole rings is 2. The Hall–Kier alpha value is -1.25. The van der Waals surface area contributed by atoms with Gasteiger partial charge >= 0.3 is 23.4 Å². The van der Waals surface area contributed by atoms with E-state index in [-0.39, 0.29) is 5.48 Å². The number of hydrogen-bond donors (Lipinski definition) is 6. The van der Waals surface area contributed by atoms with Gasteiger partial charge in [-0.25, -0.2) is 9.97 Å². The lowest BCUT2D eigenvalue weighted by Crippen LogP contribution is -2.38. The lowest BCUT2D eigenvalue weighted by Gasteiger charge is -2.30. The van der Waals surface area contributed by atoms with Gasteiger partial charge in [0, 0.05) is 24.8 Å². The highest BCUT2D eigenvalue weighted by molar-refractivity contribution is 7.52. The molecule has 2 aromatic rings. The van der Waals surface area contributed by atoms with Crippen molar-refractivity contribution in [1.29, 1.82) is 0 Å². The van der Waals surface area contributed by atoms with E-state index in [9.17, 15) is 43.5 Å². The van der Waals surface area contributed by atoms with E-state index in [4.69, 9.17) is 0 Å². The van der Waals surface area contributed by atoms with Crippen LogP contribution in [0.3, 0.4) is 0 Å². The summed E-state index contributed by atoms with van der Waals surface area (Å²) in [6.45, 7) is -2.43. The molecular formula is C10H19N4O12P3. The predicted molar refractivity (Wildman–Crippen MR) is 93.4 cm³/mol. The zero-order chi connectivity index (χ0) is 21.2. The normalized spacial score (nSPS) is 17.7. The number of aliphatic hydroxyl groups is 2. The molecule has 0 aliphatic heterocycles. The SMILES string of the molecule is O.O=[PH](OCC(O)(n1ccnc1)P(=O)(O)O)OCC(O)(n1ccnc1)P(=O)(O)O. The monoisotopic (exact) mass is 480 g/mol. The Bertz CT molecular complexity index is 823. The van der Waals surface area contributed by atoms with Gasteiger partial charge in [0.1, 0.15) is 13.2 Å². The third-order valence-corrected chi connectivity index (χ3v) is 6.88. The van der Waals surface area contributed by atoms with E-state index in [1.54, 1.807) is 0 Å². The molecule has 2 rings (SSSR count). The summed E-state index contributed by atoms with van der Waals surface area (Å²) in [5.74, 6) is 0. The zero-order valence-corrected chi connectivity index (χ0v) is 17.1. The van der Waals surface area contributed by atoms with Crippen LogP contribution in [0.4, 0.5) is 0 Å². The first-order valence-corrected chi connectivity index (χ1v) is 11.6. The van der Waals surface area contributed by atoms with E-state index < -0.39 is 47.6 Å². The second-order valence-electron chi connectivity index (χ2n) is 5.40. The van der Waals surface area contributed by atoms with Crippen molar-refractivity contribution in [1.82, 2.24) is 19.1 Å². The van der Waals surface area contributed by atoms with E-state index >= 15 is 0 Å². The topological polar surface area (TPSA) is 258 Å². The van der Waals surface area contributed by atoms with Crippen molar-refractivity contribution < 1.29 is 58.0 Å². The van der Waals surface area contributed by atoms with Gasteiger partial charge in [0.05, 0.1) is 12.7 Å². The standard InChI is InChI=1S/C10H17N4O11P3.H2O/c15-9(27(18,19)20,13-3-1-11-7-13)5-24-26(17)25-6-10(16,28(21,22)23)14-4-2-12-8-14;/h1-4,7-8,15-16,26H,5-6H2,(H2,18,19,20)(H2,21,22,23);1H2. The Morgan fingerprint density at radius 2 is 1.21 bits per heavy atom. The van der Waals surface area contributed by atoms with Gasteiger partial charge in [-0.05, 0) is 0 Å². The van der Waals surface area contributed by atoms with Crippen molar-refractivity contribution in [3.8, 4) is 0 Å². The fraction of sp³-hybridized carbons (Fsp3) is 0.400. The van der Waals surface area contributed by atoms with Crippen molar-refractivity contribution in [2.75, 3.05) is 13.2 Å². The molecule has 2 heterocycles. The lowest BCUT2D eigenvalue weighted by molar-refractivity contribution is -0.0359. The van der Waals surface area contributed by atoms with Crippen LogP contribution in [-0.2, 0) is 33.7 Å². The first-order valence-electron chi connectivity index (χ1n) is 7.14. The molecule has 0 aliphatic rings. The molecule has 8 N–H and O–H groups in total. The maximum atomic E-state index is 11.9. The van der Waals surface area contributed by atoms with Gasteiger partial charge in [-0.2, -0.15) is 0 Å². The van der Waals surface area contributed by atoms with E-state index in [1.165, 1.54) is 0 Å². The van der Waals surface area contributed by atoms with Gasteiger partial charge in [0.25, 0.3) is 10.9 Å². The quantitative estimate of drug-likeness (QED) is 0.200. The maximum absolute atomic E-state index is 11.9. The van der Waals surface area contributed by atoms with Crippen LogP contribution in [0.15, 0.2) is 37.4 Å². The predicted octanol–water partition coefficient (Wildman–Crippen LogP) is -2.06. The van der Waals surface area contributed by atoms with E-state index in [0.29, 0.717) is 9.13 Å². The summed E-state index contributed by atoms with van der Waals surface area (Å²) in [6, 6.07) is 0. The third kappa shape index (κ3) is 5.47. The Morgan fingerprint density at radius 3 is 1.45 bits per heavy atom. The van der Waals surface area contributed by atoms with Gasteiger partial charge in [-0.15, -0.1) is 0 Å². The largest absolute Gasteiger partial charge is 0.412 e. The zero-order valence-electron chi connectivity index (χ0n) is 14.3. The fourth-order valence-corrected chi connectivity index (χ4v) is 4.18. The molecule has 0 fully saturated rings. The molecule has 0 spiro atoms. The molecule has 0 saturated carbocycles. The molecule has 29 heavy (non-hydrogen) atoms. The average Bonchev–Trinajstić information content (AvgIpc) is 3.28. The third-order valence-electron chi connectivity index (χ3n) is 3.54. The molecule has 2 aromatic heterocycles. The summed E-state index contributed by atoms with van der Waals surface area (Å²) in [5, 5.41) is 20.5. The van der Waals surface area contributed by atoms with Crippen molar-refractivity contribution in [2.24, 2.45) is 0 Å². The van der Waals surface area contributed by atoms with E-state index in [0.717, 1.165) is 37.4 Å². The summed E-state index contributed by atoms with van der Waals surface area (Å²) in [4.78, 5) is 44.5. The molecule has 0 bridgehead atoms. The minimum atomic E-state index is -5.26. The molecular weight excluding hydrogens is 461 g/mol. The molecule has 0 aromatic carbocycles. The molecule has 0 saturated heterocycles. The summed E-state index contributed by atoms with van der Waals surface area (Å²) in [7, 11) is -14.2. The number of rotatable bonds is 10. The van der Waals surface area contributed by atoms with Crippen LogP contribution < -0.4 is 0 Å². The van der Waals surface area contributed by atoms with Gasteiger partial charge in [0.15, 0.2) is 0 Å². The first-order chi connectivity index (χ1) is 12.8. The molecule has 0 amide bonds. The maximum Gasteiger partial charge on any atom is 0.380 e. The van der Waals surface area contributed by atoms with Crippen LogP contribution in [0.2, 0.25) is 0 Å². The molecule has 2 unspecified atom stereocenters. The van der Waals surface area contributed by atoms with Crippen LogP contribution in [0.5, 0.6) is 0 Å². The highest BCUT2D eigenvalue weighted by Gasteiger charge is 2.50. The fourth-order valence-electron chi connectivity index (χ4n) is 1.91. The summed E-state index contributed by atoms with van der Waals surface area (Å²) < 4.78 is 45.6. The van der Waals surface area contributed by atoms with Gasteiger partial charge in [0.2, 0.25) is 0 Å². The van der Waals surface area contributed by atoms with Crippen LogP contribution in [0.1, 0.15) is 0 Å². The minimum Gasteiger partial charge on any atom is -0.412 e. The van der Waals surface area contributed by atoms with Crippen LogP contribution in [0, 0.1) is 0 Å². The van der Waals surface area contributed by atoms with Crippen LogP contribution >= 0.6 is 23.4 Å². The molecule has 0 aliphatic carbocycles. The first kappa shape index (κ1) is 25.8. The van der Waals surface area contributed by atoms with Crippen LogP contribution in [-0.4, -0.2) is 67.6 Å². The number of hydrogen-bond acceptors (Lipinski definition) is 9. The van der Waals surface area contributed by atoms with Gasteiger partial charge < -0.3 is 44.3 Å².